The summed E-state index contributed by atoms with van der Waals surface area (Å²) in [7, 11) is 0. The monoisotopic (exact) mass is 899 g/mol. The lowest BCUT2D eigenvalue weighted by Crippen LogP contribution is -2.16. The predicted octanol–water partition coefficient (Wildman–Crippen LogP) is 18.2. The normalized spacial score (nSPS) is 13.7. The van der Waals surface area contributed by atoms with E-state index in [0.29, 0.717) is 0 Å². The molecule has 2 aromatic heterocycles. The lowest BCUT2D eigenvalue weighted by Gasteiger charge is -2.29. The molecule has 12 aromatic rings. The number of benzene rings is 10. The maximum atomic E-state index is 3.60. The number of rotatable bonds is 5. The van der Waals surface area contributed by atoms with E-state index < -0.39 is 0 Å². The molecule has 3 nitrogen and oxygen atoms in total. The molecule has 14 rings (SSSR count). The molecule has 10 aromatic carbocycles. The fourth-order valence-corrected chi connectivity index (χ4v) is 11.9. The number of aromatic amines is 1. The number of nitrogens with one attached hydrogen (secondary N) is 1. The molecule has 3 heteroatoms. The molecule has 1 N–H and O–H groups in total. The summed E-state index contributed by atoms with van der Waals surface area (Å²) in [6, 6.07) is 82.0. The third kappa shape index (κ3) is 6.42. The van der Waals surface area contributed by atoms with Gasteiger partial charge in [0.1, 0.15) is 0 Å². The smallest absolute Gasteiger partial charge is 0.0544 e. The van der Waals surface area contributed by atoms with Crippen LogP contribution in [0, 0.1) is 6.92 Å². The van der Waals surface area contributed by atoms with E-state index in [9.17, 15) is 0 Å². The Bertz CT molecular complexity index is 4000. The number of H-pyrrole nitrogens is 1. The van der Waals surface area contributed by atoms with Crippen molar-refractivity contribution in [3.63, 3.8) is 0 Å². The van der Waals surface area contributed by atoms with Gasteiger partial charge in [0.15, 0.2) is 0 Å². The van der Waals surface area contributed by atoms with Gasteiger partial charge in [0.25, 0.3) is 0 Å². The third-order valence-electron chi connectivity index (χ3n) is 15.5. The molecule has 0 amide bonds. The van der Waals surface area contributed by atoms with E-state index in [0.717, 1.165) is 11.4 Å². The first kappa shape index (κ1) is 41.8. The second kappa shape index (κ2) is 15.8. The van der Waals surface area contributed by atoms with Crippen LogP contribution < -0.4 is 4.90 Å². The van der Waals surface area contributed by atoms with Crippen molar-refractivity contribution in [3.05, 3.63) is 252 Å². The molecule has 2 aliphatic carbocycles. The molecule has 0 saturated carbocycles. The van der Waals surface area contributed by atoms with E-state index >= 15 is 0 Å². The van der Waals surface area contributed by atoms with Crippen LogP contribution in [0.15, 0.2) is 224 Å². The first-order valence-electron chi connectivity index (χ1n) is 24.6. The molecule has 0 radical (unpaired) electrons. The standard InChI is InChI=1S/C40H32N2.C27H21N/c1-26-15-20-29(21-16-26)42(38-14-8-12-35-39(38)33-10-4-6-11-34(33)40(35,2)3)30-22-17-27(18-23-30)28-19-24-32-31-9-5-7-13-36(31)41-37(32)25-28;1-27(2)23-14-8-6-12-19(23)21-16-22-20-13-7-9-15-25(20)28(26(22)17-24(21)27)18-10-4-3-5-11-18/h4-25,41H,1-3H3;3-17H,1-2H3. The van der Waals surface area contributed by atoms with E-state index in [-0.39, 0.29) is 10.8 Å². The average molecular weight is 900 g/mol. The van der Waals surface area contributed by atoms with Crippen LogP contribution in [0.4, 0.5) is 17.1 Å². The van der Waals surface area contributed by atoms with E-state index in [2.05, 4.69) is 274 Å². The van der Waals surface area contributed by atoms with Crippen LogP contribution in [0.25, 0.3) is 82.7 Å². The number of aryl methyl sites for hydroxylation is 1. The van der Waals surface area contributed by atoms with Gasteiger partial charge in [0.05, 0.1) is 16.7 Å². The van der Waals surface area contributed by atoms with Crippen LogP contribution in [-0.4, -0.2) is 9.55 Å². The summed E-state index contributed by atoms with van der Waals surface area (Å²) in [5, 5.41) is 5.16. The Kier molecular flexibility index (Phi) is 9.45. The van der Waals surface area contributed by atoms with Crippen molar-refractivity contribution in [1.29, 1.82) is 0 Å². The van der Waals surface area contributed by atoms with Crippen LogP contribution in [0.5, 0.6) is 0 Å². The SMILES string of the molecule is CC1(C)c2ccccc2-c2cc3c4ccccc4n(-c4ccccc4)c3cc21.Cc1ccc(N(c2ccc(-c3ccc4c(c3)[nH]c3ccccc34)cc2)c2cccc3c2-c2ccccc2C3(C)C)cc1. The molecule has 0 atom stereocenters. The summed E-state index contributed by atoms with van der Waals surface area (Å²) in [5.74, 6) is 0. The Morgan fingerprint density at radius 1 is 0.386 bits per heavy atom. The number of para-hydroxylation sites is 3. The van der Waals surface area contributed by atoms with Crippen LogP contribution in [0.1, 0.15) is 55.5 Å². The van der Waals surface area contributed by atoms with Crippen molar-refractivity contribution < 1.29 is 0 Å². The maximum Gasteiger partial charge on any atom is 0.0544 e. The van der Waals surface area contributed by atoms with Gasteiger partial charge < -0.3 is 14.5 Å². The van der Waals surface area contributed by atoms with Crippen LogP contribution in [-0.2, 0) is 10.8 Å². The molecule has 2 heterocycles. The van der Waals surface area contributed by atoms with E-state index in [4.69, 9.17) is 0 Å². The lowest BCUT2D eigenvalue weighted by molar-refractivity contribution is 0.660. The minimum atomic E-state index is -0.0496. The minimum Gasteiger partial charge on any atom is -0.354 e. The van der Waals surface area contributed by atoms with Crippen LogP contribution in [0.3, 0.4) is 0 Å². The minimum absolute atomic E-state index is 0.0120. The molecule has 0 spiro atoms. The highest BCUT2D eigenvalue weighted by molar-refractivity contribution is 6.12. The summed E-state index contributed by atoms with van der Waals surface area (Å²) in [5.41, 5.74) is 24.2. The maximum absolute atomic E-state index is 3.60. The van der Waals surface area contributed by atoms with Gasteiger partial charge in [-0.25, -0.2) is 0 Å². The summed E-state index contributed by atoms with van der Waals surface area (Å²) >= 11 is 0. The molecule has 70 heavy (non-hydrogen) atoms. The van der Waals surface area contributed by atoms with E-state index in [1.165, 1.54) is 116 Å². The molecule has 2 aliphatic rings. The fraction of sp³-hybridized carbons (Fsp3) is 0.104. The van der Waals surface area contributed by atoms with Crippen LogP contribution >= 0.6 is 0 Å². The van der Waals surface area contributed by atoms with Gasteiger partial charge in [-0.1, -0.05) is 185 Å². The van der Waals surface area contributed by atoms with Gasteiger partial charge in [0.2, 0.25) is 0 Å². The van der Waals surface area contributed by atoms with Crippen molar-refractivity contribution >= 4 is 60.7 Å². The van der Waals surface area contributed by atoms with Gasteiger partial charge >= 0.3 is 0 Å². The lowest BCUT2D eigenvalue weighted by atomic mass is 9.82. The molecule has 0 saturated heterocycles. The highest BCUT2D eigenvalue weighted by Crippen LogP contribution is 2.55. The third-order valence-corrected chi connectivity index (χ3v) is 15.5. The summed E-state index contributed by atoms with van der Waals surface area (Å²) in [4.78, 5) is 6.01. The van der Waals surface area contributed by atoms with E-state index in [1.54, 1.807) is 0 Å². The highest BCUT2D eigenvalue weighted by atomic mass is 15.1. The van der Waals surface area contributed by atoms with Crippen molar-refractivity contribution in [1.82, 2.24) is 9.55 Å². The highest BCUT2D eigenvalue weighted by Gasteiger charge is 2.38. The van der Waals surface area contributed by atoms with E-state index in [1.807, 2.05) is 0 Å². The molecular weight excluding hydrogens is 847 g/mol. The van der Waals surface area contributed by atoms with Gasteiger partial charge in [-0.3, -0.25) is 0 Å². The molecular formula is C67H53N3. The topological polar surface area (TPSA) is 24.0 Å². The quantitative estimate of drug-likeness (QED) is 0.183. The zero-order valence-corrected chi connectivity index (χ0v) is 40.3. The Hall–Kier alpha value is -8.40. The molecule has 0 aliphatic heterocycles. The number of nitrogens with zero attached hydrogens (tertiary/aromatic N) is 2. The summed E-state index contributed by atoms with van der Waals surface area (Å²) in [6.45, 7) is 11.5. The predicted molar refractivity (Wildman–Crippen MR) is 297 cm³/mol. The molecule has 336 valence electrons. The Morgan fingerprint density at radius 2 is 0.971 bits per heavy atom. The second-order valence-electron chi connectivity index (χ2n) is 20.3. The number of hydrogen-bond donors (Lipinski definition) is 1. The van der Waals surface area contributed by atoms with Crippen LogP contribution in [0.2, 0.25) is 0 Å². The Balaban J connectivity index is 0.000000149. The number of fused-ring (bicyclic) bond motifs is 12. The van der Waals surface area contributed by atoms with Gasteiger partial charge in [0, 0.05) is 66.0 Å². The number of aromatic nitrogens is 2. The molecule has 0 unspecified atom stereocenters. The Morgan fingerprint density at radius 3 is 1.74 bits per heavy atom. The fourth-order valence-electron chi connectivity index (χ4n) is 11.9. The van der Waals surface area contributed by atoms with Gasteiger partial charge in [-0.15, -0.1) is 0 Å². The summed E-state index contributed by atoms with van der Waals surface area (Å²) < 4.78 is 2.41. The second-order valence-corrected chi connectivity index (χ2v) is 20.3. The Labute approximate surface area is 409 Å². The average Bonchev–Trinajstić information content (AvgIpc) is 4.08. The zero-order valence-electron chi connectivity index (χ0n) is 40.3. The largest absolute Gasteiger partial charge is 0.354 e. The first-order valence-corrected chi connectivity index (χ1v) is 24.6. The molecule has 0 bridgehead atoms. The van der Waals surface area contributed by atoms with Crippen molar-refractivity contribution in [2.75, 3.05) is 4.90 Å². The van der Waals surface area contributed by atoms with Gasteiger partial charge in [-0.2, -0.15) is 0 Å². The molecule has 0 fully saturated rings. The first-order chi connectivity index (χ1) is 34.1. The number of hydrogen-bond acceptors (Lipinski definition) is 1. The zero-order chi connectivity index (χ0) is 47.3. The summed E-state index contributed by atoms with van der Waals surface area (Å²) in [6.07, 6.45) is 0. The van der Waals surface area contributed by atoms with Crippen molar-refractivity contribution in [3.8, 4) is 39.1 Å². The van der Waals surface area contributed by atoms with Crippen molar-refractivity contribution in [2.24, 2.45) is 0 Å². The van der Waals surface area contributed by atoms with Gasteiger partial charge in [-0.05, 0) is 130 Å². The van der Waals surface area contributed by atoms with Crippen molar-refractivity contribution in [2.45, 2.75) is 45.4 Å². The number of anilines is 3.